The number of hydrogen-bond acceptors (Lipinski definition) is 6. The predicted molar refractivity (Wildman–Crippen MR) is 84.3 cm³/mol. The number of aryl methyl sites for hydroxylation is 1. The van der Waals surface area contributed by atoms with Gasteiger partial charge in [-0.2, -0.15) is 0 Å². The van der Waals surface area contributed by atoms with E-state index in [1.165, 1.54) is 12.7 Å². The van der Waals surface area contributed by atoms with Gasteiger partial charge in [0.2, 0.25) is 0 Å². The third kappa shape index (κ3) is 2.18. The van der Waals surface area contributed by atoms with Crippen LogP contribution in [0.25, 0.3) is 11.0 Å². The van der Waals surface area contributed by atoms with Crippen LogP contribution in [0.2, 0.25) is 0 Å². The van der Waals surface area contributed by atoms with E-state index >= 15 is 0 Å². The fourth-order valence-corrected chi connectivity index (χ4v) is 3.71. The van der Waals surface area contributed by atoms with Gasteiger partial charge in [0.15, 0.2) is 0 Å². The van der Waals surface area contributed by atoms with Crippen LogP contribution >= 0.6 is 0 Å². The normalized spacial score (nSPS) is 22.5. The van der Waals surface area contributed by atoms with Crippen molar-refractivity contribution in [2.24, 2.45) is 5.92 Å². The second-order valence-electron chi connectivity index (χ2n) is 6.36. The van der Waals surface area contributed by atoms with Crippen LogP contribution in [0.4, 0.5) is 5.82 Å². The Kier molecular flexibility index (Phi) is 3.26. The first-order valence-electron chi connectivity index (χ1n) is 7.93. The second kappa shape index (κ2) is 5.19. The van der Waals surface area contributed by atoms with Crippen molar-refractivity contribution in [2.45, 2.75) is 25.4 Å². The second-order valence-corrected chi connectivity index (χ2v) is 6.36. The fraction of sp³-hybridized carbons (Fsp3) is 0.562. The van der Waals surface area contributed by atoms with Crippen LogP contribution in [0.3, 0.4) is 0 Å². The van der Waals surface area contributed by atoms with Gasteiger partial charge in [0.05, 0.1) is 38.1 Å². The summed E-state index contributed by atoms with van der Waals surface area (Å²) in [5.74, 6) is 0.624. The van der Waals surface area contributed by atoms with Crippen molar-refractivity contribution in [3.05, 3.63) is 18.1 Å². The number of fused-ring (bicyclic) bond motifs is 1. The molecule has 0 amide bonds. The molecule has 4 heterocycles. The van der Waals surface area contributed by atoms with E-state index in [9.17, 15) is 4.79 Å². The topological polar surface area (TPSA) is 80.3 Å². The molecule has 1 N–H and O–H groups in total. The van der Waals surface area contributed by atoms with Crippen LogP contribution in [0.5, 0.6) is 0 Å². The molecule has 1 atom stereocenters. The van der Waals surface area contributed by atoms with Gasteiger partial charge in [-0.1, -0.05) is 6.92 Å². The standard InChI is InChI=1S/C16H20N4O3/c1-3-10-5-17-13-12(10)14(19-9-18-13)20-7-16(8-20)4-11(6-23-16)15(21)22-2/h5,9,11H,3-4,6-8H2,1-2H3,(H,17,18,19). The first-order valence-corrected chi connectivity index (χ1v) is 7.93. The highest BCUT2D eigenvalue weighted by molar-refractivity contribution is 5.91. The van der Waals surface area contributed by atoms with Crippen molar-refractivity contribution in [3.8, 4) is 0 Å². The molecule has 4 rings (SSSR count). The first-order chi connectivity index (χ1) is 11.2. The van der Waals surface area contributed by atoms with Gasteiger partial charge < -0.3 is 19.4 Å². The minimum atomic E-state index is -0.237. The van der Waals surface area contributed by atoms with Crippen molar-refractivity contribution in [1.82, 2.24) is 15.0 Å². The lowest BCUT2D eigenvalue weighted by Gasteiger charge is -2.48. The number of H-pyrrole nitrogens is 1. The molecule has 23 heavy (non-hydrogen) atoms. The van der Waals surface area contributed by atoms with Gasteiger partial charge in [-0.3, -0.25) is 4.79 Å². The van der Waals surface area contributed by atoms with Crippen LogP contribution in [-0.2, 0) is 20.7 Å². The molecule has 7 nitrogen and oxygen atoms in total. The Morgan fingerprint density at radius 2 is 2.35 bits per heavy atom. The van der Waals surface area contributed by atoms with E-state index in [0.29, 0.717) is 6.61 Å². The smallest absolute Gasteiger partial charge is 0.311 e. The highest BCUT2D eigenvalue weighted by atomic mass is 16.5. The molecule has 2 fully saturated rings. The molecular formula is C16H20N4O3. The number of hydrogen-bond donors (Lipinski definition) is 1. The molecule has 2 aliphatic rings. The molecule has 7 heteroatoms. The molecule has 2 aliphatic heterocycles. The maximum absolute atomic E-state index is 11.7. The lowest BCUT2D eigenvalue weighted by atomic mass is 9.87. The van der Waals surface area contributed by atoms with Gasteiger partial charge in [0, 0.05) is 6.20 Å². The third-order valence-electron chi connectivity index (χ3n) is 4.91. The van der Waals surface area contributed by atoms with Crippen molar-refractivity contribution in [2.75, 3.05) is 31.7 Å². The van der Waals surface area contributed by atoms with Crippen molar-refractivity contribution < 1.29 is 14.3 Å². The summed E-state index contributed by atoms with van der Waals surface area (Å²) in [7, 11) is 1.43. The van der Waals surface area contributed by atoms with Gasteiger partial charge >= 0.3 is 5.97 Å². The van der Waals surface area contributed by atoms with Gasteiger partial charge in [0.1, 0.15) is 23.4 Å². The van der Waals surface area contributed by atoms with Crippen LogP contribution < -0.4 is 4.90 Å². The summed E-state index contributed by atoms with van der Waals surface area (Å²) in [5, 5.41) is 1.09. The fourth-order valence-electron chi connectivity index (χ4n) is 3.71. The molecule has 0 bridgehead atoms. The SMILES string of the molecule is CCc1c[nH]c2ncnc(N3CC4(CC(C(=O)OC)CO4)C3)c12. The summed E-state index contributed by atoms with van der Waals surface area (Å²) in [6, 6.07) is 0. The number of nitrogens with zero attached hydrogens (tertiary/aromatic N) is 3. The summed E-state index contributed by atoms with van der Waals surface area (Å²) in [6.07, 6.45) is 5.24. The Hall–Kier alpha value is -2.15. The molecule has 2 aromatic heterocycles. The molecule has 2 aromatic rings. The summed E-state index contributed by atoms with van der Waals surface area (Å²) in [4.78, 5) is 25.9. The molecule has 1 unspecified atom stereocenters. The molecule has 0 aromatic carbocycles. The highest BCUT2D eigenvalue weighted by Gasteiger charge is 2.52. The Balaban J connectivity index is 1.55. The number of aromatic nitrogens is 3. The van der Waals surface area contributed by atoms with Crippen LogP contribution in [0, 0.1) is 5.92 Å². The molecule has 0 saturated carbocycles. The Morgan fingerprint density at radius 1 is 1.52 bits per heavy atom. The molecule has 122 valence electrons. The number of nitrogens with one attached hydrogen (secondary N) is 1. The molecular weight excluding hydrogens is 296 g/mol. The Labute approximate surface area is 134 Å². The predicted octanol–water partition coefficient (Wildman–Crippen LogP) is 1.29. The highest BCUT2D eigenvalue weighted by Crippen LogP contribution is 2.41. The Bertz CT molecular complexity index is 751. The third-order valence-corrected chi connectivity index (χ3v) is 4.91. The van der Waals surface area contributed by atoms with Gasteiger partial charge in [-0.15, -0.1) is 0 Å². The van der Waals surface area contributed by atoms with Crippen molar-refractivity contribution in [1.29, 1.82) is 0 Å². The summed E-state index contributed by atoms with van der Waals surface area (Å²) < 4.78 is 10.7. The average molecular weight is 316 g/mol. The quantitative estimate of drug-likeness (QED) is 0.860. The Morgan fingerprint density at radius 3 is 3.09 bits per heavy atom. The van der Waals surface area contributed by atoms with E-state index < -0.39 is 0 Å². The monoisotopic (exact) mass is 316 g/mol. The van der Waals surface area contributed by atoms with Crippen molar-refractivity contribution in [3.63, 3.8) is 0 Å². The molecule has 0 aliphatic carbocycles. The van der Waals surface area contributed by atoms with E-state index in [1.807, 2.05) is 6.20 Å². The van der Waals surface area contributed by atoms with Crippen LogP contribution in [0.15, 0.2) is 12.5 Å². The van der Waals surface area contributed by atoms with Crippen LogP contribution in [-0.4, -0.2) is 53.3 Å². The zero-order valence-electron chi connectivity index (χ0n) is 13.3. The van der Waals surface area contributed by atoms with Crippen molar-refractivity contribution >= 4 is 22.8 Å². The van der Waals surface area contributed by atoms with E-state index in [1.54, 1.807) is 6.33 Å². The van der Waals surface area contributed by atoms with E-state index in [2.05, 4.69) is 26.8 Å². The van der Waals surface area contributed by atoms with E-state index in [4.69, 9.17) is 9.47 Å². The first kappa shape index (κ1) is 14.4. The molecule has 0 radical (unpaired) electrons. The van der Waals surface area contributed by atoms with Gasteiger partial charge in [-0.05, 0) is 18.4 Å². The molecule has 2 saturated heterocycles. The number of esters is 1. The number of anilines is 1. The number of aromatic amines is 1. The summed E-state index contributed by atoms with van der Waals surface area (Å²) >= 11 is 0. The maximum Gasteiger partial charge on any atom is 0.311 e. The van der Waals surface area contributed by atoms with Crippen LogP contribution in [0.1, 0.15) is 18.9 Å². The summed E-state index contributed by atoms with van der Waals surface area (Å²) in [6.45, 7) is 4.07. The lowest BCUT2D eigenvalue weighted by molar-refractivity contribution is -0.145. The van der Waals surface area contributed by atoms with Gasteiger partial charge in [-0.25, -0.2) is 9.97 Å². The largest absolute Gasteiger partial charge is 0.469 e. The number of carbonyl (C=O) groups excluding carboxylic acids is 1. The van der Waals surface area contributed by atoms with Gasteiger partial charge in [0.25, 0.3) is 0 Å². The van der Waals surface area contributed by atoms with E-state index in [-0.39, 0.29) is 17.5 Å². The number of carbonyl (C=O) groups is 1. The minimum absolute atomic E-state index is 0.147. The summed E-state index contributed by atoms with van der Waals surface area (Å²) in [5.41, 5.74) is 1.85. The molecule has 1 spiro atoms. The number of ether oxygens (including phenoxy) is 2. The lowest BCUT2D eigenvalue weighted by Crippen LogP contribution is -2.62. The average Bonchev–Trinajstić information content (AvgIpc) is 3.16. The minimum Gasteiger partial charge on any atom is -0.469 e. The number of rotatable bonds is 3. The van der Waals surface area contributed by atoms with E-state index in [0.717, 1.165) is 42.8 Å². The zero-order chi connectivity index (χ0) is 16.0. The zero-order valence-corrected chi connectivity index (χ0v) is 13.3. The number of methoxy groups -OCH3 is 1. The maximum atomic E-state index is 11.7.